The fraction of sp³-hybridized carbons (Fsp3) is 0.778. The molecule has 0 aliphatic heterocycles. The molecule has 0 aliphatic rings. The van der Waals surface area contributed by atoms with Crippen LogP contribution in [0.3, 0.4) is 0 Å². The maximum absolute atomic E-state index is 12.2. The van der Waals surface area contributed by atoms with E-state index in [1.54, 1.807) is 0 Å². The largest absolute Gasteiger partial charge is 0.481 e. The predicted octanol–water partition coefficient (Wildman–Crippen LogP) is 0.495. The van der Waals surface area contributed by atoms with Crippen LogP contribution in [0.25, 0.3) is 0 Å². The maximum atomic E-state index is 12.2. The molecule has 4 N–H and O–H groups in total. The summed E-state index contributed by atoms with van der Waals surface area (Å²) in [5.41, 5.74) is 4.87. The van der Waals surface area contributed by atoms with Crippen LogP contribution in [0.4, 0.5) is 13.2 Å². The molecule has 100 valence electrons. The second-order valence-corrected chi connectivity index (χ2v) is 3.56. The predicted molar refractivity (Wildman–Crippen MR) is 53.1 cm³/mol. The molecule has 1 unspecified atom stereocenters. The van der Waals surface area contributed by atoms with E-state index in [1.165, 1.54) is 0 Å². The summed E-state index contributed by atoms with van der Waals surface area (Å²) in [6.45, 7) is -0.456. The molecule has 0 radical (unpaired) electrons. The van der Waals surface area contributed by atoms with Crippen molar-refractivity contribution in [3.05, 3.63) is 0 Å². The van der Waals surface area contributed by atoms with E-state index in [2.05, 4.69) is 5.32 Å². The van der Waals surface area contributed by atoms with Gasteiger partial charge in [-0.1, -0.05) is 0 Å². The van der Waals surface area contributed by atoms with Gasteiger partial charge in [-0.25, -0.2) is 0 Å². The average Bonchev–Trinajstić information content (AvgIpc) is 2.13. The van der Waals surface area contributed by atoms with E-state index >= 15 is 0 Å². The first-order chi connectivity index (χ1) is 7.75. The number of amides is 1. The van der Waals surface area contributed by atoms with Crippen molar-refractivity contribution in [2.24, 2.45) is 11.7 Å². The van der Waals surface area contributed by atoms with E-state index in [4.69, 9.17) is 10.8 Å². The molecule has 0 aromatic rings. The van der Waals surface area contributed by atoms with E-state index in [-0.39, 0.29) is 13.0 Å². The van der Waals surface area contributed by atoms with Crippen LogP contribution >= 0.6 is 0 Å². The summed E-state index contributed by atoms with van der Waals surface area (Å²) in [6, 6.07) is 0. The Kier molecular flexibility index (Phi) is 6.55. The lowest BCUT2D eigenvalue weighted by Gasteiger charge is -2.16. The fourth-order valence-corrected chi connectivity index (χ4v) is 1.14. The molecule has 0 spiro atoms. The normalized spacial score (nSPS) is 13.4. The lowest BCUT2D eigenvalue weighted by atomic mass is 10.1. The van der Waals surface area contributed by atoms with Crippen molar-refractivity contribution in [2.75, 3.05) is 13.1 Å². The molecule has 0 aromatic carbocycles. The number of primary amides is 1. The van der Waals surface area contributed by atoms with Gasteiger partial charge in [-0.05, 0) is 19.4 Å². The van der Waals surface area contributed by atoms with Crippen molar-refractivity contribution in [3.8, 4) is 0 Å². The molecular formula is C9H15F3N2O3. The van der Waals surface area contributed by atoms with Crippen LogP contribution in [0.15, 0.2) is 0 Å². The van der Waals surface area contributed by atoms with Gasteiger partial charge in [0.2, 0.25) is 5.91 Å². The molecule has 1 atom stereocenters. The first kappa shape index (κ1) is 15.7. The number of alkyl halides is 3. The van der Waals surface area contributed by atoms with Crippen LogP contribution in [0, 0.1) is 5.92 Å². The summed E-state index contributed by atoms with van der Waals surface area (Å²) >= 11 is 0. The monoisotopic (exact) mass is 256 g/mol. The quantitative estimate of drug-likeness (QED) is 0.551. The third-order valence-corrected chi connectivity index (χ3v) is 2.07. The zero-order valence-corrected chi connectivity index (χ0v) is 9.09. The van der Waals surface area contributed by atoms with Crippen molar-refractivity contribution in [1.29, 1.82) is 0 Å². The highest BCUT2D eigenvalue weighted by atomic mass is 19.4. The average molecular weight is 256 g/mol. The number of carboxylic acids is 1. The summed E-state index contributed by atoms with van der Waals surface area (Å²) < 4.78 is 36.5. The number of nitrogens with two attached hydrogens (primary N) is 1. The van der Waals surface area contributed by atoms with Gasteiger partial charge in [-0.2, -0.15) is 13.2 Å². The first-order valence-corrected chi connectivity index (χ1v) is 5.03. The molecule has 0 aromatic heterocycles. The van der Waals surface area contributed by atoms with Crippen molar-refractivity contribution >= 4 is 11.9 Å². The van der Waals surface area contributed by atoms with Crippen LogP contribution in [0.1, 0.15) is 19.3 Å². The third kappa shape index (κ3) is 7.56. The van der Waals surface area contributed by atoms with Gasteiger partial charge in [0.05, 0.1) is 0 Å². The second-order valence-electron chi connectivity index (χ2n) is 3.56. The molecule has 0 rings (SSSR count). The Morgan fingerprint density at radius 2 is 1.88 bits per heavy atom. The smallest absolute Gasteiger partial charge is 0.403 e. The van der Waals surface area contributed by atoms with Crippen molar-refractivity contribution < 1.29 is 27.9 Å². The minimum atomic E-state index is -4.76. The van der Waals surface area contributed by atoms with Gasteiger partial charge >= 0.3 is 12.1 Å². The highest BCUT2D eigenvalue weighted by Crippen LogP contribution is 2.25. The number of rotatable bonds is 8. The topological polar surface area (TPSA) is 92.4 Å². The number of carbonyl (C=O) groups is 2. The van der Waals surface area contributed by atoms with Crippen LogP contribution in [-0.4, -0.2) is 36.2 Å². The van der Waals surface area contributed by atoms with Gasteiger partial charge in [-0.3, -0.25) is 9.59 Å². The number of halogens is 3. The fourth-order valence-electron chi connectivity index (χ4n) is 1.14. The minimum Gasteiger partial charge on any atom is -0.481 e. The number of carbonyl (C=O) groups excluding carboxylic acids is 1. The van der Waals surface area contributed by atoms with Gasteiger partial charge < -0.3 is 16.2 Å². The van der Waals surface area contributed by atoms with Crippen molar-refractivity contribution in [3.63, 3.8) is 0 Å². The highest BCUT2D eigenvalue weighted by molar-refractivity contribution is 5.73. The van der Waals surface area contributed by atoms with Gasteiger partial charge in [0.1, 0.15) is 0 Å². The lowest BCUT2D eigenvalue weighted by Crippen LogP contribution is -2.39. The van der Waals surface area contributed by atoms with Crippen LogP contribution in [0.5, 0.6) is 0 Å². The number of unbranched alkanes of at least 4 members (excludes halogenated alkanes) is 1. The zero-order chi connectivity index (χ0) is 13.5. The molecule has 0 saturated carbocycles. The molecule has 0 saturated heterocycles. The molecule has 1 amide bonds. The Hall–Kier alpha value is -1.31. The first-order valence-electron chi connectivity index (χ1n) is 5.03. The maximum Gasteiger partial charge on any atom is 0.403 e. The number of carboxylic acid groups (broad SMARTS) is 1. The molecular weight excluding hydrogens is 241 g/mol. The van der Waals surface area contributed by atoms with E-state index < -0.39 is 30.5 Å². The zero-order valence-electron chi connectivity index (χ0n) is 9.09. The number of hydrogen-bond acceptors (Lipinski definition) is 3. The Morgan fingerprint density at radius 1 is 1.29 bits per heavy atom. The minimum absolute atomic E-state index is 0.170. The number of hydrogen-bond donors (Lipinski definition) is 3. The van der Waals surface area contributed by atoms with Crippen molar-refractivity contribution in [2.45, 2.75) is 25.4 Å². The second kappa shape index (κ2) is 7.10. The van der Waals surface area contributed by atoms with Crippen molar-refractivity contribution in [1.82, 2.24) is 5.32 Å². The van der Waals surface area contributed by atoms with Crippen LogP contribution in [-0.2, 0) is 9.59 Å². The Bertz CT molecular complexity index is 269. The summed E-state index contributed by atoms with van der Waals surface area (Å²) in [7, 11) is 0. The summed E-state index contributed by atoms with van der Waals surface area (Å²) in [5, 5.41) is 10.8. The molecule has 0 aliphatic carbocycles. The molecule has 8 heteroatoms. The molecule has 0 heterocycles. The molecule has 17 heavy (non-hydrogen) atoms. The van der Waals surface area contributed by atoms with E-state index in [0.717, 1.165) is 0 Å². The summed E-state index contributed by atoms with van der Waals surface area (Å²) in [5.74, 6) is -4.77. The highest BCUT2D eigenvalue weighted by Gasteiger charge is 2.44. The lowest BCUT2D eigenvalue weighted by molar-refractivity contribution is -0.192. The standard InChI is InChI=1S/C9H15F3N2O3/c10-9(11,12)6(8(16)17)5-14-4-2-1-3-7(13)15/h6,14H,1-5H2,(H2,13,15)(H,16,17). The third-order valence-electron chi connectivity index (χ3n) is 2.07. The number of nitrogens with one attached hydrogen (secondary N) is 1. The Labute approximate surface area is 96.2 Å². The molecule has 0 fully saturated rings. The molecule has 0 bridgehead atoms. The summed E-state index contributed by atoms with van der Waals surface area (Å²) in [4.78, 5) is 20.7. The SMILES string of the molecule is NC(=O)CCCCNCC(C(=O)O)C(F)(F)F. The van der Waals surface area contributed by atoms with Crippen LogP contribution in [0.2, 0.25) is 0 Å². The Balaban J connectivity index is 3.78. The summed E-state index contributed by atoms with van der Waals surface area (Å²) in [6.07, 6.45) is -3.66. The van der Waals surface area contributed by atoms with E-state index in [0.29, 0.717) is 12.8 Å². The Morgan fingerprint density at radius 3 is 2.29 bits per heavy atom. The van der Waals surface area contributed by atoms with Gasteiger partial charge in [0.25, 0.3) is 0 Å². The van der Waals surface area contributed by atoms with E-state index in [9.17, 15) is 22.8 Å². The number of aliphatic carboxylic acids is 1. The molecule has 5 nitrogen and oxygen atoms in total. The van der Waals surface area contributed by atoms with Gasteiger partial charge in [0.15, 0.2) is 5.92 Å². The van der Waals surface area contributed by atoms with Gasteiger partial charge in [0, 0.05) is 13.0 Å². The van der Waals surface area contributed by atoms with Gasteiger partial charge in [-0.15, -0.1) is 0 Å². The van der Waals surface area contributed by atoms with E-state index in [1.807, 2.05) is 0 Å². The van der Waals surface area contributed by atoms with Crippen LogP contribution < -0.4 is 11.1 Å².